The van der Waals surface area contributed by atoms with Gasteiger partial charge in [0, 0.05) is 18.5 Å². The van der Waals surface area contributed by atoms with Crippen LogP contribution in [0.3, 0.4) is 0 Å². The molecule has 1 aromatic carbocycles. The standard InChI is InChI=1S/C15H20N2O4/c1-10-4-3-5-12(6-10)15(21)17-9-13(18)16-8-11(2)7-14(19)20/h3-6,11H,7-9H2,1-2H3,(H,16,18)(H,17,21)(H,19,20). The van der Waals surface area contributed by atoms with Crippen molar-refractivity contribution in [1.29, 1.82) is 0 Å². The molecule has 6 heteroatoms. The van der Waals surface area contributed by atoms with Crippen molar-refractivity contribution in [1.82, 2.24) is 10.6 Å². The summed E-state index contributed by atoms with van der Waals surface area (Å²) >= 11 is 0. The number of carbonyl (C=O) groups is 3. The molecule has 1 unspecified atom stereocenters. The normalized spacial score (nSPS) is 11.5. The Morgan fingerprint density at radius 3 is 2.57 bits per heavy atom. The van der Waals surface area contributed by atoms with Crippen molar-refractivity contribution < 1.29 is 19.5 Å². The molecule has 1 aromatic rings. The fourth-order valence-electron chi connectivity index (χ4n) is 1.77. The first-order valence-electron chi connectivity index (χ1n) is 6.72. The molecule has 114 valence electrons. The van der Waals surface area contributed by atoms with Crippen molar-refractivity contribution in [3.63, 3.8) is 0 Å². The summed E-state index contributed by atoms with van der Waals surface area (Å²) < 4.78 is 0. The maximum atomic E-state index is 11.8. The van der Waals surface area contributed by atoms with Crippen LogP contribution in [0.2, 0.25) is 0 Å². The fourth-order valence-corrected chi connectivity index (χ4v) is 1.77. The van der Waals surface area contributed by atoms with Gasteiger partial charge in [0.1, 0.15) is 0 Å². The van der Waals surface area contributed by atoms with Crippen molar-refractivity contribution >= 4 is 17.8 Å². The second kappa shape index (κ2) is 8.04. The van der Waals surface area contributed by atoms with E-state index in [0.717, 1.165) is 5.56 Å². The number of carbonyl (C=O) groups excluding carboxylic acids is 2. The lowest BCUT2D eigenvalue weighted by Crippen LogP contribution is -2.38. The van der Waals surface area contributed by atoms with Gasteiger partial charge in [0.05, 0.1) is 6.54 Å². The first kappa shape index (κ1) is 16.7. The van der Waals surface area contributed by atoms with Gasteiger partial charge in [-0.1, -0.05) is 24.6 Å². The second-order valence-electron chi connectivity index (χ2n) is 5.06. The predicted molar refractivity (Wildman–Crippen MR) is 77.9 cm³/mol. The van der Waals surface area contributed by atoms with E-state index in [1.54, 1.807) is 25.1 Å². The lowest BCUT2D eigenvalue weighted by atomic mass is 10.1. The number of benzene rings is 1. The van der Waals surface area contributed by atoms with Crippen molar-refractivity contribution in [2.75, 3.05) is 13.1 Å². The van der Waals surface area contributed by atoms with Crippen LogP contribution >= 0.6 is 0 Å². The lowest BCUT2D eigenvalue weighted by molar-refractivity contribution is -0.138. The van der Waals surface area contributed by atoms with Crippen LogP contribution in [0.4, 0.5) is 0 Å². The summed E-state index contributed by atoms with van der Waals surface area (Å²) in [6, 6.07) is 7.07. The van der Waals surface area contributed by atoms with Gasteiger partial charge in [-0.3, -0.25) is 14.4 Å². The van der Waals surface area contributed by atoms with Crippen LogP contribution in [-0.2, 0) is 9.59 Å². The third kappa shape index (κ3) is 6.56. The number of aryl methyl sites for hydroxylation is 1. The molecule has 0 aliphatic rings. The van der Waals surface area contributed by atoms with E-state index in [2.05, 4.69) is 10.6 Å². The van der Waals surface area contributed by atoms with Gasteiger partial charge >= 0.3 is 5.97 Å². The van der Waals surface area contributed by atoms with Crippen LogP contribution in [0.25, 0.3) is 0 Å². The smallest absolute Gasteiger partial charge is 0.303 e. The maximum Gasteiger partial charge on any atom is 0.303 e. The zero-order chi connectivity index (χ0) is 15.8. The molecular weight excluding hydrogens is 272 g/mol. The minimum Gasteiger partial charge on any atom is -0.481 e. The third-order valence-electron chi connectivity index (χ3n) is 2.86. The number of carboxylic acids is 1. The number of rotatable bonds is 7. The number of hydrogen-bond donors (Lipinski definition) is 3. The van der Waals surface area contributed by atoms with Gasteiger partial charge in [-0.15, -0.1) is 0 Å². The largest absolute Gasteiger partial charge is 0.481 e. The minimum atomic E-state index is -0.899. The second-order valence-corrected chi connectivity index (χ2v) is 5.06. The Hall–Kier alpha value is -2.37. The van der Waals surface area contributed by atoms with Crippen molar-refractivity contribution in [3.8, 4) is 0 Å². The van der Waals surface area contributed by atoms with E-state index >= 15 is 0 Å². The highest BCUT2D eigenvalue weighted by Crippen LogP contribution is 2.03. The van der Waals surface area contributed by atoms with E-state index in [1.807, 2.05) is 13.0 Å². The summed E-state index contributed by atoms with van der Waals surface area (Å²) in [7, 11) is 0. The Bertz CT molecular complexity index is 528. The molecule has 0 heterocycles. The van der Waals surface area contributed by atoms with Crippen molar-refractivity contribution in [2.24, 2.45) is 5.92 Å². The number of amides is 2. The first-order chi connectivity index (χ1) is 9.88. The van der Waals surface area contributed by atoms with Gasteiger partial charge in [-0.2, -0.15) is 0 Å². The molecule has 1 atom stereocenters. The summed E-state index contributed by atoms with van der Waals surface area (Å²) in [6.45, 7) is 3.76. The topological polar surface area (TPSA) is 95.5 Å². The Morgan fingerprint density at radius 2 is 1.95 bits per heavy atom. The van der Waals surface area contributed by atoms with Crippen LogP contribution in [0.15, 0.2) is 24.3 Å². The molecule has 21 heavy (non-hydrogen) atoms. The third-order valence-corrected chi connectivity index (χ3v) is 2.86. The quantitative estimate of drug-likeness (QED) is 0.697. The van der Waals surface area contributed by atoms with Gasteiger partial charge in [0.2, 0.25) is 5.91 Å². The van der Waals surface area contributed by atoms with E-state index in [9.17, 15) is 14.4 Å². The molecule has 0 aliphatic heterocycles. The fraction of sp³-hybridized carbons (Fsp3) is 0.400. The Labute approximate surface area is 123 Å². The van der Waals surface area contributed by atoms with Gasteiger partial charge in [-0.05, 0) is 25.0 Å². The minimum absolute atomic E-state index is 0.00404. The highest BCUT2D eigenvalue weighted by Gasteiger charge is 2.11. The van der Waals surface area contributed by atoms with Crippen molar-refractivity contribution in [2.45, 2.75) is 20.3 Å². The van der Waals surface area contributed by atoms with Crippen LogP contribution < -0.4 is 10.6 Å². The average molecular weight is 292 g/mol. The van der Waals surface area contributed by atoms with E-state index in [0.29, 0.717) is 5.56 Å². The Balaban J connectivity index is 2.33. The number of aliphatic carboxylic acids is 1. The molecule has 1 rings (SSSR count). The molecule has 0 aromatic heterocycles. The molecule has 0 saturated heterocycles. The van der Waals surface area contributed by atoms with Crippen LogP contribution in [0.1, 0.15) is 29.3 Å². The molecule has 0 fully saturated rings. The highest BCUT2D eigenvalue weighted by atomic mass is 16.4. The molecule has 6 nitrogen and oxygen atoms in total. The first-order valence-corrected chi connectivity index (χ1v) is 6.72. The van der Waals surface area contributed by atoms with Crippen LogP contribution in [-0.4, -0.2) is 36.0 Å². The molecule has 0 spiro atoms. The summed E-state index contributed by atoms with van der Waals surface area (Å²) in [5.41, 5.74) is 1.47. The highest BCUT2D eigenvalue weighted by molar-refractivity contribution is 5.96. The Morgan fingerprint density at radius 1 is 1.24 bits per heavy atom. The SMILES string of the molecule is Cc1cccc(C(=O)NCC(=O)NCC(C)CC(=O)O)c1. The summed E-state index contributed by atoms with van der Waals surface area (Å²) in [6.07, 6.45) is -0.00404. The van der Waals surface area contributed by atoms with Crippen LogP contribution in [0.5, 0.6) is 0 Å². The predicted octanol–water partition coefficient (Wildman–Crippen LogP) is 0.952. The summed E-state index contributed by atoms with van der Waals surface area (Å²) in [5.74, 6) is -1.70. The molecule has 0 saturated carbocycles. The van der Waals surface area contributed by atoms with E-state index in [-0.39, 0.29) is 37.2 Å². The Kier molecular flexibility index (Phi) is 6.39. The molecule has 3 N–H and O–H groups in total. The van der Waals surface area contributed by atoms with Crippen molar-refractivity contribution in [3.05, 3.63) is 35.4 Å². The van der Waals surface area contributed by atoms with Crippen LogP contribution in [0, 0.1) is 12.8 Å². The van der Waals surface area contributed by atoms with Gasteiger partial charge < -0.3 is 15.7 Å². The molecule has 0 aliphatic carbocycles. The van der Waals surface area contributed by atoms with Gasteiger partial charge in [-0.25, -0.2) is 0 Å². The maximum absolute atomic E-state index is 11.8. The van der Waals surface area contributed by atoms with Gasteiger partial charge in [0.15, 0.2) is 0 Å². The molecule has 0 bridgehead atoms. The summed E-state index contributed by atoms with van der Waals surface area (Å²) in [4.78, 5) is 33.9. The average Bonchev–Trinajstić information content (AvgIpc) is 2.41. The van der Waals surface area contributed by atoms with Gasteiger partial charge in [0.25, 0.3) is 5.91 Å². The van der Waals surface area contributed by atoms with E-state index in [4.69, 9.17) is 5.11 Å². The molecule has 0 radical (unpaired) electrons. The number of carboxylic acid groups (broad SMARTS) is 1. The number of nitrogens with one attached hydrogen (secondary N) is 2. The number of hydrogen-bond acceptors (Lipinski definition) is 3. The monoisotopic (exact) mass is 292 g/mol. The summed E-state index contributed by atoms with van der Waals surface area (Å²) in [5, 5.41) is 13.7. The molecule has 2 amide bonds. The molecular formula is C15H20N2O4. The van der Waals surface area contributed by atoms with E-state index in [1.165, 1.54) is 0 Å². The zero-order valence-corrected chi connectivity index (χ0v) is 12.2. The zero-order valence-electron chi connectivity index (χ0n) is 12.2. The lowest BCUT2D eigenvalue weighted by Gasteiger charge is -2.11. The van der Waals surface area contributed by atoms with E-state index < -0.39 is 5.97 Å².